The molecular formula is C10H10N2O2S2. The molecule has 0 bridgehead atoms. The first-order chi connectivity index (χ1) is 7.56. The van der Waals surface area contributed by atoms with E-state index in [2.05, 4.69) is 9.72 Å². The molecule has 1 N–H and O–H groups in total. The van der Waals surface area contributed by atoms with Crippen molar-refractivity contribution in [1.82, 2.24) is 4.98 Å². The normalized spacial score (nSPS) is 9.62. The minimum Gasteiger partial charge on any atom is -0.465 e. The Morgan fingerprint density at radius 2 is 2.25 bits per heavy atom. The molecule has 4 nitrogen and oxygen atoms in total. The van der Waals surface area contributed by atoms with E-state index in [1.54, 1.807) is 13.2 Å². The molecular weight excluding hydrogens is 244 g/mol. The van der Waals surface area contributed by atoms with Crippen LogP contribution in [0, 0.1) is 22.9 Å². The van der Waals surface area contributed by atoms with Gasteiger partial charge in [0, 0.05) is 10.6 Å². The van der Waals surface area contributed by atoms with E-state index in [4.69, 9.17) is 17.5 Å². The molecule has 0 amide bonds. The molecule has 1 rings (SSSR count). The van der Waals surface area contributed by atoms with Crippen LogP contribution in [0.15, 0.2) is 4.90 Å². The highest BCUT2D eigenvalue weighted by Gasteiger charge is 2.19. The number of aromatic nitrogens is 1. The largest absolute Gasteiger partial charge is 0.465 e. The fraction of sp³-hybridized carbons (Fsp3) is 0.300. The van der Waals surface area contributed by atoms with E-state index in [0.29, 0.717) is 26.4 Å². The van der Waals surface area contributed by atoms with Crippen LogP contribution in [-0.4, -0.2) is 24.3 Å². The quantitative estimate of drug-likeness (QED) is 0.499. The van der Waals surface area contributed by atoms with E-state index in [9.17, 15) is 4.79 Å². The second-order valence-electron chi connectivity index (χ2n) is 2.97. The Hall–Kier alpha value is -1.32. The minimum absolute atomic E-state index is 0.313. The number of aromatic amines is 1. The predicted molar refractivity (Wildman–Crippen MR) is 64.2 cm³/mol. The van der Waals surface area contributed by atoms with Gasteiger partial charge < -0.3 is 9.72 Å². The zero-order valence-electron chi connectivity index (χ0n) is 9.08. The van der Waals surface area contributed by atoms with E-state index < -0.39 is 5.97 Å². The van der Waals surface area contributed by atoms with E-state index in [1.807, 2.05) is 6.07 Å². The molecule has 0 aliphatic rings. The monoisotopic (exact) mass is 254 g/mol. The number of rotatable bonds is 2. The number of nitrogens with one attached hydrogen (secondary N) is 1. The van der Waals surface area contributed by atoms with E-state index in [-0.39, 0.29) is 0 Å². The maximum Gasteiger partial charge on any atom is 0.340 e. The predicted octanol–water partition coefficient (Wildman–Crippen LogP) is 2.43. The summed E-state index contributed by atoms with van der Waals surface area (Å²) in [6, 6.07) is 2.00. The van der Waals surface area contributed by atoms with Gasteiger partial charge in [-0.1, -0.05) is 12.2 Å². The average molecular weight is 254 g/mol. The lowest BCUT2D eigenvalue weighted by Crippen LogP contribution is -2.09. The molecule has 0 saturated carbocycles. The number of carbonyl (C=O) groups is 1. The van der Waals surface area contributed by atoms with Crippen LogP contribution >= 0.6 is 24.0 Å². The van der Waals surface area contributed by atoms with Crippen LogP contribution in [0.25, 0.3) is 0 Å². The number of thioether (sulfide) groups is 1. The van der Waals surface area contributed by atoms with Crippen molar-refractivity contribution in [3.63, 3.8) is 0 Å². The van der Waals surface area contributed by atoms with Gasteiger partial charge in [0.1, 0.15) is 16.3 Å². The van der Waals surface area contributed by atoms with Crippen molar-refractivity contribution in [3.05, 3.63) is 21.5 Å². The maximum absolute atomic E-state index is 11.6. The molecule has 0 fully saturated rings. The molecule has 0 atom stereocenters. The number of H-pyrrole nitrogens is 1. The number of ether oxygens (including phenoxy) is 1. The van der Waals surface area contributed by atoms with Gasteiger partial charge in [0.05, 0.1) is 12.7 Å². The van der Waals surface area contributed by atoms with Crippen molar-refractivity contribution in [1.29, 1.82) is 5.26 Å². The first-order valence-corrected chi connectivity index (χ1v) is 5.99. The van der Waals surface area contributed by atoms with Crippen molar-refractivity contribution in [2.45, 2.75) is 11.8 Å². The molecule has 0 saturated heterocycles. The van der Waals surface area contributed by atoms with Crippen molar-refractivity contribution < 1.29 is 9.53 Å². The van der Waals surface area contributed by atoms with Crippen molar-refractivity contribution in [2.75, 3.05) is 13.4 Å². The summed E-state index contributed by atoms with van der Waals surface area (Å²) >= 11 is 6.34. The van der Waals surface area contributed by atoms with E-state index >= 15 is 0 Å². The maximum atomic E-state index is 11.6. The van der Waals surface area contributed by atoms with Crippen LogP contribution in [0.2, 0.25) is 0 Å². The Bertz CT molecular complexity index is 529. The van der Waals surface area contributed by atoms with Crippen molar-refractivity contribution >= 4 is 29.9 Å². The second-order valence-corrected chi connectivity index (χ2v) is 4.19. The van der Waals surface area contributed by atoms with Crippen LogP contribution in [0.4, 0.5) is 0 Å². The van der Waals surface area contributed by atoms with Gasteiger partial charge in [0.2, 0.25) is 0 Å². The van der Waals surface area contributed by atoms with Crippen LogP contribution in [-0.2, 0) is 4.74 Å². The molecule has 0 aromatic carbocycles. The number of pyridine rings is 1. The molecule has 0 aliphatic heterocycles. The molecule has 0 aliphatic carbocycles. The summed E-state index contributed by atoms with van der Waals surface area (Å²) in [4.78, 5) is 15.0. The molecule has 6 heteroatoms. The summed E-state index contributed by atoms with van der Waals surface area (Å²) in [7, 11) is 1.31. The zero-order valence-corrected chi connectivity index (χ0v) is 10.7. The van der Waals surface area contributed by atoms with Gasteiger partial charge >= 0.3 is 5.97 Å². The third-order valence-electron chi connectivity index (χ3n) is 2.06. The lowest BCUT2D eigenvalue weighted by molar-refractivity contribution is 0.0595. The van der Waals surface area contributed by atoms with Crippen LogP contribution in [0.3, 0.4) is 0 Å². The lowest BCUT2D eigenvalue weighted by Gasteiger charge is -2.10. The van der Waals surface area contributed by atoms with Gasteiger partial charge in [-0.3, -0.25) is 0 Å². The Morgan fingerprint density at radius 3 is 2.69 bits per heavy atom. The van der Waals surface area contributed by atoms with Crippen LogP contribution < -0.4 is 0 Å². The number of nitriles is 1. The Kier molecular flexibility index (Phi) is 4.10. The van der Waals surface area contributed by atoms with Gasteiger partial charge in [0.25, 0.3) is 0 Å². The molecule has 0 unspecified atom stereocenters. The van der Waals surface area contributed by atoms with Crippen molar-refractivity contribution in [2.24, 2.45) is 0 Å². The third kappa shape index (κ3) is 2.10. The molecule has 1 heterocycles. The number of nitrogens with zero attached hydrogens (tertiary/aromatic N) is 1. The summed E-state index contributed by atoms with van der Waals surface area (Å²) in [5.74, 6) is -0.468. The summed E-state index contributed by atoms with van der Waals surface area (Å²) in [6.07, 6.45) is 1.79. The number of hydrogen-bond acceptors (Lipinski definition) is 5. The lowest BCUT2D eigenvalue weighted by atomic mass is 10.1. The van der Waals surface area contributed by atoms with Crippen LogP contribution in [0.5, 0.6) is 0 Å². The van der Waals surface area contributed by atoms with Gasteiger partial charge in [0.15, 0.2) is 0 Å². The fourth-order valence-corrected chi connectivity index (χ4v) is 2.51. The summed E-state index contributed by atoms with van der Waals surface area (Å²) in [5.41, 5.74) is 1.30. The fourth-order valence-electron chi connectivity index (χ4n) is 1.35. The SMILES string of the molecule is COC(=O)c1c(C)[nH]c(=S)c(C#N)c1SC. The molecule has 0 radical (unpaired) electrons. The second kappa shape index (κ2) is 5.14. The number of aryl methyl sites for hydroxylation is 1. The van der Waals surface area contributed by atoms with Gasteiger partial charge in [-0.2, -0.15) is 5.26 Å². The molecule has 1 aromatic rings. The summed E-state index contributed by atoms with van der Waals surface area (Å²) in [6.45, 7) is 1.73. The minimum atomic E-state index is -0.468. The zero-order chi connectivity index (χ0) is 12.3. The molecule has 16 heavy (non-hydrogen) atoms. The highest BCUT2D eigenvalue weighted by Crippen LogP contribution is 2.27. The van der Waals surface area contributed by atoms with E-state index in [1.165, 1.54) is 18.9 Å². The number of hydrogen-bond donors (Lipinski definition) is 1. The molecule has 1 aromatic heterocycles. The highest BCUT2D eigenvalue weighted by molar-refractivity contribution is 7.98. The van der Waals surface area contributed by atoms with Gasteiger partial charge in [-0.25, -0.2) is 4.79 Å². The standard InChI is InChI=1S/C10H10N2O2S2/c1-5-7(10(13)14-2)8(16-3)6(4-11)9(15)12-5/h1-3H3,(H,12,15). The van der Waals surface area contributed by atoms with Gasteiger partial charge in [-0.05, 0) is 13.2 Å². The van der Waals surface area contributed by atoms with Crippen molar-refractivity contribution in [3.8, 4) is 6.07 Å². The smallest absolute Gasteiger partial charge is 0.340 e. The Labute approximate surface area is 103 Å². The third-order valence-corrected chi connectivity index (χ3v) is 3.19. The highest BCUT2D eigenvalue weighted by atomic mass is 32.2. The summed E-state index contributed by atoms with van der Waals surface area (Å²) in [5, 5.41) is 9.00. The number of methoxy groups -OCH3 is 1. The average Bonchev–Trinajstić information content (AvgIpc) is 2.27. The first-order valence-electron chi connectivity index (χ1n) is 4.36. The molecule has 0 spiro atoms. The number of carbonyl (C=O) groups excluding carboxylic acids is 1. The van der Waals surface area contributed by atoms with Gasteiger partial charge in [-0.15, -0.1) is 11.8 Å². The Balaban J connectivity index is 3.67. The topological polar surface area (TPSA) is 65.9 Å². The van der Waals surface area contributed by atoms with Crippen LogP contribution in [0.1, 0.15) is 21.6 Å². The summed E-state index contributed by atoms with van der Waals surface area (Å²) < 4.78 is 5.03. The van der Waals surface area contributed by atoms with E-state index in [0.717, 1.165) is 0 Å². The Morgan fingerprint density at radius 1 is 1.62 bits per heavy atom. The molecule has 84 valence electrons. The first kappa shape index (κ1) is 12.7. The number of esters is 1.